The summed E-state index contributed by atoms with van der Waals surface area (Å²) < 4.78 is 0. The van der Waals surface area contributed by atoms with Gasteiger partial charge in [-0.25, -0.2) is 0 Å². The van der Waals surface area contributed by atoms with Crippen LogP contribution in [0.4, 0.5) is 0 Å². The molecule has 31 heavy (non-hydrogen) atoms. The zero-order valence-corrected chi connectivity index (χ0v) is 24.1. The first-order valence-electron chi connectivity index (χ1n) is 10.5. The first-order valence-corrected chi connectivity index (χ1v) is 10.5. The summed E-state index contributed by atoms with van der Waals surface area (Å²) in [5.41, 5.74) is 0. The van der Waals surface area contributed by atoms with Crippen LogP contribution >= 0.6 is 0 Å². The topological polar surface area (TPSA) is 138 Å². The summed E-state index contributed by atoms with van der Waals surface area (Å²) in [5, 5.41) is 27.1. The standard InChI is InChI=1S/C21H38N2O6.2Na/c1-14(2)12-16(20(26)27)22-18(24)10-8-6-5-7-9-11-19(25)23-17(21(28)29)13-15(3)4;;/h14-17H,5-13H2,1-4H3,(H,22,24)(H,23,25)(H,26,27)(H,28,29);;/q;2*+1/p-2/t16-,17-;;/m0../s1. The average molecular weight is 459 g/mol. The van der Waals surface area contributed by atoms with Gasteiger partial charge in [-0.3, -0.25) is 9.59 Å². The molecule has 10 heteroatoms. The van der Waals surface area contributed by atoms with Crippen LogP contribution < -0.4 is 80.0 Å². The van der Waals surface area contributed by atoms with Gasteiger partial charge in [0.1, 0.15) is 0 Å². The van der Waals surface area contributed by atoms with Gasteiger partial charge in [0.25, 0.3) is 0 Å². The zero-order valence-electron chi connectivity index (χ0n) is 20.1. The fraction of sp³-hybridized carbons (Fsp3) is 0.810. The van der Waals surface area contributed by atoms with Crippen LogP contribution in [0.25, 0.3) is 0 Å². The fourth-order valence-corrected chi connectivity index (χ4v) is 3.01. The van der Waals surface area contributed by atoms with Gasteiger partial charge in [-0.1, -0.05) is 47.0 Å². The van der Waals surface area contributed by atoms with Gasteiger partial charge in [-0.2, -0.15) is 0 Å². The summed E-state index contributed by atoms with van der Waals surface area (Å²) in [6.07, 6.45) is 4.90. The Labute approximate surface area is 230 Å². The number of rotatable bonds is 16. The molecule has 0 aromatic rings. The number of carbonyl (C=O) groups excluding carboxylic acids is 4. The van der Waals surface area contributed by atoms with E-state index in [1.807, 2.05) is 27.7 Å². The summed E-state index contributed by atoms with van der Waals surface area (Å²) in [7, 11) is 0. The molecule has 0 rings (SSSR count). The molecule has 0 aromatic heterocycles. The van der Waals surface area contributed by atoms with E-state index in [1.165, 1.54) is 0 Å². The molecule has 0 radical (unpaired) electrons. The molecule has 2 amide bonds. The predicted molar refractivity (Wildman–Crippen MR) is 105 cm³/mol. The number of amides is 2. The van der Waals surface area contributed by atoms with Gasteiger partial charge in [0, 0.05) is 12.8 Å². The number of nitrogens with one attached hydrogen (secondary N) is 2. The number of carboxylic acid groups (broad SMARTS) is 2. The van der Waals surface area contributed by atoms with Crippen molar-refractivity contribution < 1.29 is 88.5 Å². The molecule has 2 atom stereocenters. The molecule has 8 nitrogen and oxygen atoms in total. The molecule has 2 N–H and O–H groups in total. The van der Waals surface area contributed by atoms with E-state index in [9.17, 15) is 29.4 Å². The maximum Gasteiger partial charge on any atom is 1.00 e. The normalized spacial score (nSPS) is 12.3. The summed E-state index contributed by atoms with van der Waals surface area (Å²) >= 11 is 0. The largest absolute Gasteiger partial charge is 1.00 e. The molecule has 0 fully saturated rings. The predicted octanol–water partition coefficient (Wildman–Crippen LogP) is -5.71. The maximum absolute atomic E-state index is 11.8. The molecule has 0 unspecified atom stereocenters. The Morgan fingerprint density at radius 2 is 0.903 bits per heavy atom. The summed E-state index contributed by atoms with van der Waals surface area (Å²) in [6, 6.07) is -1.91. The van der Waals surface area contributed by atoms with Gasteiger partial charge < -0.3 is 30.4 Å². The van der Waals surface area contributed by atoms with Crippen molar-refractivity contribution in [3.8, 4) is 0 Å². The second kappa shape index (κ2) is 20.5. The summed E-state index contributed by atoms with van der Waals surface area (Å²) in [6.45, 7) is 7.52. The Morgan fingerprint density at radius 1 is 0.613 bits per heavy atom. The van der Waals surface area contributed by atoms with Crippen LogP contribution in [0.15, 0.2) is 0 Å². The molecular formula is C21H36N2Na2O6. The number of aliphatic carboxylic acids is 2. The second-order valence-electron chi connectivity index (χ2n) is 8.41. The first-order chi connectivity index (χ1) is 13.5. The van der Waals surface area contributed by atoms with Crippen LogP contribution in [-0.2, 0) is 19.2 Å². The molecule has 0 aliphatic carbocycles. The molecule has 168 valence electrons. The van der Waals surface area contributed by atoms with E-state index < -0.39 is 24.0 Å². The van der Waals surface area contributed by atoms with Crippen molar-refractivity contribution in [2.75, 3.05) is 0 Å². The van der Waals surface area contributed by atoms with Crippen LogP contribution in [0.5, 0.6) is 0 Å². The maximum atomic E-state index is 11.8. The number of hydrogen-bond acceptors (Lipinski definition) is 6. The molecule has 0 bridgehead atoms. The molecular weight excluding hydrogens is 422 g/mol. The van der Waals surface area contributed by atoms with Crippen molar-refractivity contribution in [1.82, 2.24) is 10.6 Å². The molecule has 0 aromatic carbocycles. The van der Waals surface area contributed by atoms with E-state index in [0.717, 1.165) is 19.3 Å². The summed E-state index contributed by atoms with van der Waals surface area (Å²) in [4.78, 5) is 45.8. The zero-order chi connectivity index (χ0) is 22.4. The second-order valence-corrected chi connectivity index (χ2v) is 8.41. The molecule has 0 heterocycles. The van der Waals surface area contributed by atoms with Crippen molar-refractivity contribution in [1.29, 1.82) is 0 Å². The smallest absolute Gasteiger partial charge is 0.548 e. The molecule has 0 aliphatic heterocycles. The minimum absolute atomic E-state index is 0. The van der Waals surface area contributed by atoms with Gasteiger partial charge in [0.15, 0.2) is 0 Å². The Bertz CT molecular complexity index is 498. The monoisotopic (exact) mass is 458 g/mol. The van der Waals surface area contributed by atoms with Crippen LogP contribution in [0.3, 0.4) is 0 Å². The third kappa shape index (κ3) is 20.2. The van der Waals surface area contributed by atoms with Gasteiger partial charge in [0.05, 0.1) is 24.0 Å². The summed E-state index contributed by atoms with van der Waals surface area (Å²) in [5.74, 6) is -2.83. The van der Waals surface area contributed by atoms with Crippen LogP contribution in [0, 0.1) is 11.8 Å². The Kier molecular flexibility index (Phi) is 23.4. The fourth-order valence-electron chi connectivity index (χ4n) is 3.01. The quantitative estimate of drug-likeness (QED) is 0.175. The van der Waals surface area contributed by atoms with Crippen LogP contribution in [0.2, 0.25) is 0 Å². The van der Waals surface area contributed by atoms with Gasteiger partial charge in [-0.15, -0.1) is 0 Å². The van der Waals surface area contributed by atoms with Gasteiger partial charge >= 0.3 is 59.1 Å². The van der Waals surface area contributed by atoms with Crippen LogP contribution in [0.1, 0.15) is 85.5 Å². The van der Waals surface area contributed by atoms with E-state index in [-0.39, 0.29) is 95.6 Å². The Hall–Kier alpha value is -0.120. The number of carboxylic acids is 2. The van der Waals surface area contributed by atoms with E-state index in [4.69, 9.17) is 0 Å². The first kappa shape index (κ1) is 35.5. The van der Waals surface area contributed by atoms with E-state index >= 15 is 0 Å². The molecule has 0 spiro atoms. The Balaban J connectivity index is -0.00000392. The van der Waals surface area contributed by atoms with Crippen molar-refractivity contribution in [3.63, 3.8) is 0 Å². The minimum atomic E-state index is -1.26. The van der Waals surface area contributed by atoms with Crippen molar-refractivity contribution in [2.24, 2.45) is 11.8 Å². The van der Waals surface area contributed by atoms with Crippen molar-refractivity contribution in [2.45, 2.75) is 97.6 Å². The third-order valence-electron chi connectivity index (χ3n) is 4.46. The molecule has 0 saturated carbocycles. The van der Waals surface area contributed by atoms with Gasteiger partial charge in [0.2, 0.25) is 11.8 Å². The van der Waals surface area contributed by atoms with E-state index in [0.29, 0.717) is 25.7 Å². The SMILES string of the molecule is CC(C)C[C@H](NC(=O)CCCCCCCC(=O)N[C@@H](CC(C)C)C(=O)[O-])C(=O)[O-].[Na+].[Na+]. The van der Waals surface area contributed by atoms with Crippen molar-refractivity contribution in [3.05, 3.63) is 0 Å². The van der Waals surface area contributed by atoms with E-state index in [1.54, 1.807) is 0 Å². The molecule has 0 saturated heterocycles. The molecule has 0 aliphatic rings. The Morgan fingerprint density at radius 3 is 1.16 bits per heavy atom. The third-order valence-corrected chi connectivity index (χ3v) is 4.46. The van der Waals surface area contributed by atoms with E-state index in [2.05, 4.69) is 10.6 Å². The minimum Gasteiger partial charge on any atom is -0.548 e. The number of carbonyl (C=O) groups is 4. The number of unbranched alkanes of at least 4 members (excludes halogenated alkanes) is 4. The average Bonchev–Trinajstić information content (AvgIpc) is 2.58. The number of hydrogen-bond donors (Lipinski definition) is 2. The van der Waals surface area contributed by atoms with Gasteiger partial charge in [-0.05, 0) is 37.5 Å². The van der Waals surface area contributed by atoms with Crippen LogP contribution in [-0.4, -0.2) is 35.8 Å². The van der Waals surface area contributed by atoms with Crippen molar-refractivity contribution >= 4 is 23.8 Å².